The molecule has 1 aromatic carbocycles. The number of hydrogen-bond donors (Lipinski definition) is 0. The Bertz CT molecular complexity index is 345. The molecule has 0 fully saturated rings. The highest BCUT2D eigenvalue weighted by atomic mass is 79.9. The molecule has 0 N–H and O–H groups in total. The highest BCUT2D eigenvalue weighted by Crippen LogP contribution is 2.40. The van der Waals surface area contributed by atoms with E-state index in [1.807, 2.05) is 18.6 Å². The van der Waals surface area contributed by atoms with Gasteiger partial charge in [0.25, 0.3) is 0 Å². The van der Waals surface area contributed by atoms with E-state index >= 15 is 0 Å². The monoisotopic (exact) mass is 255 g/mol. The summed E-state index contributed by atoms with van der Waals surface area (Å²) in [5.74, 6) is -0.654. The Balaban J connectivity index is 2.51. The molecule has 0 heterocycles. The first-order chi connectivity index (χ1) is 6.72. The molecule has 0 amide bonds. The standard InChI is InChI=1S/C11H12BrO2/c1-13-11(14-2)6-5-8-3-4-9(12)7-10(8)11/h3-4,6-7H,5H2,1-2H3. The molecular weight excluding hydrogens is 244 g/mol. The van der Waals surface area contributed by atoms with Crippen molar-refractivity contribution in [3.05, 3.63) is 40.2 Å². The van der Waals surface area contributed by atoms with Gasteiger partial charge in [0.05, 0.1) is 0 Å². The third kappa shape index (κ3) is 1.40. The largest absolute Gasteiger partial charge is 0.349 e. The average Bonchev–Trinajstić information content (AvgIpc) is 2.57. The van der Waals surface area contributed by atoms with Crippen molar-refractivity contribution in [2.45, 2.75) is 12.2 Å². The second-order valence-corrected chi connectivity index (χ2v) is 4.20. The topological polar surface area (TPSA) is 18.5 Å². The van der Waals surface area contributed by atoms with Gasteiger partial charge in [0.1, 0.15) is 0 Å². The van der Waals surface area contributed by atoms with Gasteiger partial charge >= 0.3 is 0 Å². The Morgan fingerprint density at radius 3 is 2.64 bits per heavy atom. The number of halogens is 1. The Kier molecular flexibility index (Phi) is 2.64. The van der Waals surface area contributed by atoms with Crippen LogP contribution in [0.3, 0.4) is 0 Å². The van der Waals surface area contributed by atoms with E-state index in [2.05, 4.69) is 22.0 Å². The van der Waals surface area contributed by atoms with E-state index < -0.39 is 5.79 Å². The van der Waals surface area contributed by atoms with Gasteiger partial charge in [-0.1, -0.05) is 22.0 Å². The molecule has 0 aliphatic heterocycles. The lowest BCUT2D eigenvalue weighted by Crippen LogP contribution is -2.28. The van der Waals surface area contributed by atoms with Gasteiger partial charge in [-0.2, -0.15) is 0 Å². The minimum absolute atomic E-state index is 0.654. The lowest BCUT2D eigenvalue weighted by Gasteiger charge is -2.26. The normalized spacial score (nSPS) is 18.2. The molecule has 2 nitrogen and oxygen atoms in total. The average molecular weight is 256 g/mol. The zero-order chi connectivity index (χ0) is 10.2. The maximum atomic E-state index is 5.43. The summed E-state index contributed by atoms with van der Waals surface area (Å²) in [6, 6.07) is 6.18. The lowest BCUT2D eigenvalue weighted by molar-refractivity contribution is -0.186. The molecule has 0 spiro atoms. The van der Waals surface area contributed by atoms with E-state index in [0.717, 1.165) is 16.5 Å². The summed E-state index contributed by atoms with van der Waals surface area (Å²) in [5.41, 5.74) is 2.36. The van der Waals surface area contributed by atoms with Crippen LogP contribution in [0.4, 0.5) is 0 Å². The molecule has 0 bridgehead atoms. The van der Waals surface area contributed by atoms with Crippen LogP contribution in [-0.4, -0.2) is 14.2 Å². The van der Waals surface area contributed by atoms with Crippen LogP contribution in [0.15, 0.2) is 22.7 Å². The fourth-order valence-electron chi connectivity index (χ4n) is 1.88. The molecule has 0 atom stereocenters. The van der Waals surface area contributed by atoms with Crippen LogP contribution in [0.2, 0.25) is 0 Å². The van der Waals surface area contributed by atoms with Crippen LogP contribution in [0.5, 0.6) is 0 Å². The molecule has 0 unspecified atom stereocenters. The number of ether oxygens (including phenoxy) is 2. The number of rotatable bonds is 2. The quantitative estimate of drug-likeness (QED) is 0.757. The summed E-state index contributed by atoms with van der Waals surface area (Å²) >= 11 is 3.45. The van der Waals surface area contributed by atoms with Crippen molar-refractivity contribution in [1.29, 1.82) is 0 Å². The van der Waals surface area contributed by atoms with E-state index in [4.69, 9.17) is 9.47 Å². The van der Waals surface area contributed by atoms with Crippen LogP contribution in [0, 0.1) is 6.42 Å². The van der Waals surface area contributed by atoms with Crippen molar-refractivity contribution in [1.82, 2.24) is 0 Å². The Morgan fingerprint density at radius 2 is 2.00 bits per heavy atom. The smallest absolute Gasteiger partial charge is 0.198 e. The van der Waals surface area contributed by atoms with Gasteiger partial charge in [0.15, 0.2) is 5.79 Å². The predicted molar refractivity (Wildman–Crippen MR) is 57.8 cm³/mol. The first-order valence-corrected chi connectivity index (χ1v) is 5.25. The van der Waals surface area contributed by atoms with Gasteiger partial charge in [-0.15, -0.1) is 0 Å². The summed E-state index contributed by atoms with van der Waals surface area (Å²) in [6.45, 7) is 0. The predicted octanol–water partition coefficient (Wildman–Crippen LogP) is 2.66. The Labute approximate surface area is 92.3 Å². The molecule has 1 aliphatic rings. The van der Waals surface area contributed by atoms with Crippen molar-refractivity contribution in [2.24, 2.45) is 0 Å². The van der Waals surface area contributed by atoms with Crippen LogP contribution in [0.25, 0.3) is 0 Å². The minimum Gasteiger partial charge on any atom is -0.349 e. The third-order valence-corrected chi connectivity index (χ3v) is 3.14. The molecular formula is C11H12BrO2. The fraction of sp³-hybridized carbons (Fsp3) is 0.364. The highest BCUT2D eigenvalue weighted by Gasteiger charge is 2.39. The molecule has 14 heavy (non-hydrogen) atoms. The first kappa shape index (κ1) is 10.1. The fourth-order valence-corrected chi connectivity index (χ4v) is 2.24. The lowest BCUT2D eigenvalue weighted by atomic mass is 10.1. The van der Waals surface area contributed by atoms with Gasteiger partial charge in [0.2, 0.25) is 0 Å². The first-order valence-electron chi connectivity index (χ1n) is 4.45. The summed E-state index contributed by atoms with van der Waals surface area (Å²) in [5, 5.41) is 0. The molecule has 2 rings (SSSR count). The van der Waals surface area contributed by atoms with Crippen molar-refractivity contribution >= 4 is 15.9 Å². The van der Waals surface area contributed by atoms with E-state index in [9.17, 15) is 0 Å². The van der Waals surface area contributed by atoms with E-state index in [0.29, 0.717) is 0 Å². The molecule has 3 heteroatoms. The minimum atomic E-state index is -0.654. The van der Waals surface area contributed by atoms with E-state index in [1.165, 1.54) is 5.56 Å². The Morgan fingerprint density at radius 1 is 1.29 bits per heavy atom. The summed E-state index contributed by atoms with van der Waals surface area (Å²) in [6.07, 6.45) is 2.94. The van der Waals surface area contributed by atoms with Crippen molar-refractivity contribution in [3.63, 3.8) is 0 Å². The zero-order valence-electron chi connectivity index (χ0n) is 8.21. The number of fused-ring (bicyclic) bond motifs is 1. The van der Waals surface area contributed by atoms with Crippen LogP contribution < -0.4 is 0 Å². The van der Waals surface area contributed by atoms with Gasteiger partial charge in [-0.25, -0.2) is 0 Å². The van der Waals surface area contributed by atoms with Crippen LogP contribution in [-0.2, 0) is 21.7 Å². The van der Waals surface area contributed by atoms with E-state index in [-0.39, 0.29) is 0 Å². The molecule has 0 saturated heterocycles. The maximum absolute atomic E-state index is 5.43. The Hall–Kier alpha value is -0.380. The second-order valence-electron chi connectivity index (χ2n) is 3.29. The van der Waals surface area contributed by atoms with Gasteiger partial charge < -0.3 is 9.47 Å². The molecule has 1 aliphatic carbocycles. The molecule has 0 saturated carbocycles. The number of hydrogen-bond acceptors (Lipinski definition) is 2. The number of methoxy groups -OCH3 is 2. The highest BCUT2D eigenvalue weighted by molar-refractivity contribution is 9.10. The molecule has 75 valence electrons. The third-order valence-electron chi connectivity index (χ3n) is 2.64. The van der Waals surface area contributed by atoms with Crippen molar-refractivity contribution < 1.29 is 9.47 Å². The van der Waals surface area contributed by atoms with Gasteiger partial charge in [-0.05, 0) is 24.1 Å². The second kappa shape index (κ2) is 3.65. The SMILES string of the molecule is COC1(OC)[CH]Cc2ccc(Br)cc21. The van der Waals surface area contributed by atoms with E-state index in [1.54, 1.807) is 14.2 Å². The number of benzene rings is 1. The van der Waals surface area contributed by atoms with Crippen LogP contribution >= 0.6 is 15.9 Å². The van der Waals surface area contributed by atoms with Gasteiger partial charge in [0, 0.05) is 30.7 Å². The maximum Gasteiger partial charge on any atom is 0.198 e. The van der Waals surface area contributed by atoms with Crippen LogP contribution in [0.1, 0.15) is 11.1 Å². The van der Waals surface area contributed by atoms with Crippen molar-refractivity contribution in [3.8, 4) is 0 Å². The molecule has 0 aromatic heterocycles. The molecule has 1 aromatic rings. The summed E-state index contributed by atoms with van der Waals surface area (Å²) in [7, 11) is 3.33. The van der Waals surface area contributed by atoms with Gasteiger partial charge in [-0.3, -0.25) is 0 Å². The van der Waals surface area contributed by atoms with Crippen molar-refractivity contribution in [2.75, 3.05) is 14.2 Å². The summed E-state index contributed by atoms with van der Waals surface area (Å²) < 4.78 is 11.9. The molecule has 1 radical (unpaired) electrons. The summed E-state index contributed by atoms with van der Waals surface area (Å²) in [4.78, 5) is 0. The zero-order valence-corrected chi connectivity index (χ0v) is 9.80.